The molecule has 0 unspecified atom stereocenters. The molecular formula is C24H17I2NO5S. The minimum atomic E-state index is -0.467. The molecule has 1 saturated heterocycles. The van der Waals surface area contributed by atoms with Crippen LogP contribution in [-0.4, -0.2) is 35.7 Å². The monoisotopic (exact) mass is 685 g/mol. The molecule has 1 heterocycles. The smallest absolute Gasteiger partial charge is 0.343 e. The molecule has 0 atom stereocenters. The topological polar surface area (TPSA) is 72.9 Å². The van der Waals surface area contributed by atoms with E-state index in [1.807, 2.05) is 54.6 Å². The molecule has 33 heavy (non-hydrogen) atoms. The van der Waals surface area contributed by atoms with Gasteiger partial charge in [-0.2, -0.15) is 0 Å². The lowest BCUT2D eigenvalue weighted by Gasteiger charge is -2.14. The Morgan fingerprint density at radius 3 is 2.48 bits per heavy atom. The number of rotatable bonds is 6. The maximum Gasteiger partial charge on any atom is 0.343 e. The molecule has 0 aromatic heterocycles. The minimum Gasteiger partial charge on any atom is -0.480 e. The SMILES string of the molecule is COC(=O)COc1c(I)cc(/C=C2/SC(=O)N(Cc3cccc4ccccc34)C2=O)cc1I. The van der Waals surface area contributed by atoms with Crippen molar-refractivity contribution in [3.8, 4) is 5.75 Å². The fraction of sp³-hybridized carbons (Fsp3) is 0.125. The zero-order valence-electron chi connectivity index (χ0n) is 17.3. The highest BCUT2D eigenvalue weighted by molar-refractivity contribution is 14.1. The van der Waals surface area contributed by atoms with Gasteiger partial charge in [0.25, 0.3) is 11.1 Å². The predicted molar refractivity (Wildman–Crippen MR) is 145 cm³/mol. The molecule has 1 aliphatic rings. The Hall–Kier alpha value is -2.12. The number of methoxy groups -OCH3 is 1. The van der Waals surface area contributed by atoms with Gasteiger partial charge in [0.1, 0.15) is 5.75 Å². The van der Waals surface area contributed by atoms with Crippen LogP contribution in [0.4, 0.5) is 4.79 Å². The highest BCUT2D eigenvalue weighted by Crippen LogP contribution is 2.36. The number of carbonyl (C=O) groups is 3. The van der Waals surface area contributed by atoms with Gasteiger partial charge in [-0.25, -0.2) is 4.79 Å². The van der Waals surface area contributed by atoms with Crippen LogP contribution in [0, 0.1) is 7.14 Å². The molecule has 168 valence electrons. The first kappa shape index (κ1) is 24.0. The Bertz CT molecular complexity index is 1280. The Labute approximate surface area is 222 Å². The normalized spacial score (nSPS) is 14.9. The third-order valence-corrected chi connectivity index (χ3v) is 7.47. The fourth-order valence-electron chi connectivity index (χ4n) is 3.38. The van der Waals surface area contributed by atoms with E-state index in [0.717, 1.165) is 40.8 Å². The number of hydrogen-bond donors (Lipinski definition) is 0. The number of ether oxygens (including phenoxy) is 2. The van der Waals surface area contributed by atoms with E-state index in [-0.39, 0.29) is 24.3 Å². The van der Waals surface area contributed by atoms with E-state index in [1.165, 1.54) is 12.0 Å². The lowest BCUT2D eigenvalue weighted by atomic mass is 10.0. The lowest BCUT2D eigenvalue weighted by Crippen LogP contribution is -2.27. The van der Waals surface area contributed by atoms with Crippen molar-refractivity contribution in [1.29, 1.82) is 0 Å². The summed E-state index contributed by atoms with van der Waals surface area (Å²) < 4.78 is 11.7. The standard InChI is InChI=1S/C24H17I2NO5S/c1-31-21(28)13-32-22-18(25)9-14(10-19(22)26)11-20-23(29)27(24(30)33-20)12-16-7-4-6-15-5-2-3-8-17(15)16/h2-11H,12-13H2,1H3/b20-11+. The van der Waals surface area contributed by atoms with Crippen molar-refractivity contribution >= 4 is 90.9 Å². The van der Waals surface area contributed by atoms with Crippen LogP contribution in [0.3, 0.4) is 0 Å². The second kappa shape index (κ2) is 10.4. The molecule has 3 aromatic rings. The second-order valence-electron chi connectivity index (χ2n) is 7.08. The van der Waals surface area contributed by atoms with Crippen LogP contribution in [0.1, 0.15) is 11.1 Å². The first-order chi connectivity index (χ1) is 15.9. The summed E-state index contributed by atoms with van der Waals surface area (Å²) >= 11 is 5.16. The van der Waals surface area contributed by atoms with E-state index in [9.17, 15) is 14.4 Å². The van der Waals surface area contributed by atoms with Crippen LogP contribution in [0.25, 0.3) is 16.8 Å². The Kier molecular flexibility index (Phi) is 7.59. The number of carbonyl (C=O) groups excluding carboxylic acids is 3. The quantitative estimate of drug-likeness (QED) is 0.185. The number of hydrogen-bond acceptors (Lipinski definition) is 6. The minimum absolute atomic E-state index is 0.186. The molecule has 0 bridgehead atoms. The summed E-state index contributed by atoms with van der Waals surface area (Å²) in [7, 11) is 1.30. The summed E-state index contributed by atoms with van der Waals surface area (Å²) in [6.45, 7) is 0.0354. The van der Waals surface area contributed by atoms with E-state index in [2.05, 4.69) is 49.9 Å². The number of amides is 2. The third kappa shape index (κ3) is 5.35. The summed E-state index contributed by atoms with van der Waals surface area (Å²) in [5.74, 6) is -0.206. The van der Waals surface area contributed by atoms with Crippen LogP contribution in [-0.2, 0) is 20.9 Å². The van der Waals surface area contributed by atoms with Gasteiger partial charge in [0.15, 0.2) is 6.61 Å². The van der Waals surface area contributed by atoms with Crippen molar-refractivity contribution in [2.45, 2.75) is 6.54 Å². The van der Waals surface area contributed by atoms with E-state index in [4.69, 9.17) is 4.74 Å². The van der Waals surface area contributed by atoms with Crippen molar-refractivity contribution < 1.29 is 23.9 Å². The average Bonchev–Trinajstić information content (AvgIpc) is 3.05. The van der Waals surface area contributed by atoms with Gasteiger partial charge in [-0.05, 0) is 97.1 Å². The molecule has 4 rings (SSSR count). The summed E-state index contributed by atoms with van der Waals surface area (Å²) in [6, 6.07) is 17.5. The number of benzene rings is 3. The molecule has 9 heteroatoms. The number of fused-ring (bicyclic) bond motifs is 1. The van der Waals surface area contributed by atoms with Gasteiger partial charge in [-0.3, -0.25) is 14.5 Å². The van der Waals surface area contributed by atoms with Crippen LogP contribution < -0.4 is 4.74 Å². The van der Waals surface area contributed by atoms with Crippen molar-refractivity contribution in [3.63, 3.8) is 0 Å². The Morgan fingerprint density at radius 1 is 1.06 bits per heavy atom. The van der Waals surface area contributed by atoms with E-state index in [1.54, 1.807) is 6.08 Å². The molecular weight excluding hydrogens is 668 g/mol. The largest absolute Gasteiger partial charge is 0.480 e. The second-order valence-corrected chi connectivity index (χ2v) is 10.4. The lowest BCUT2D eigenvalue weighted by molar-refractivity contribution is -0.143. The Balaban J connectivity index is 1.56. The fourth-order valence-corrected chi connectivity index (χ4v) is 6.35. The van der Waals surface area contributed by atoms with Crippen LogP contribution >= 0.6 is 56.9 Å². The van der Waals surface area contributed by atoms with Gasteiger partial charge < -0.3 is 9.47 Å². The number of halogens is 2. The van der Waals surface area contributed by atoms with Crippen molar-refractivity contribution in [3.05, 3.63) is 77.8 Å². The molecule has 6 nitrogen and oxygen atoms in total. The van der Waals surface area contributed by atoms with Gasteiger partial charge in [-0.15, -0.1) is 0 Å². The number of nitrogens with zero attached hydrogens (tertiary/aromatic N) is 1. The van der Waals surface area contributed by atoms with E-state index in [0.29, 0.717) is 10.7 Å². The first-order valence-electron chi connectivity index (χ1n) is 9.78. The number of esters is 1. The van der Waals surface area contributed by atoms with E-state index >= 15 is 0 Å². The number of imide groups is 1. The average molecular weight is 685 g/mol. The van der Waals surface area contributed by atoms with Crippen molar-refractivity contribution in [1.82, 2.24) is 4.90 Å². The maximum atomic E-state index is 13.0. The molecule has 0 aliphatic carbocycles. The highest BCUT2D eigenvalue weighted by atomic mass is 127. The van der Waals surface area contributed by atoms with E-state index < -0.39 is 5.97 Å². The molecule has 0 saturated carbocycles. The van der Waals surface area contributed by atoms with Gasteiger partial charge >= 0.3 is 5.97 Å². The third-order valence-electron chi connectivity index (χ3n) is 4.96. The van der Waals surface area contributed by atoms with Gasteiger partial charge in [-0.1, -0.05) is 42.5 Å². The first-order valence-corrected chi connectivity index (χ1v) is 12.8. The maximum absolute atomic E-state index is 13.0. The van der Waals surface area contributed by atoms with Crippen molar-refractivity contribution in [2.75, 3.05) is 13.7 Å². The summed E-state index contributed by atoms with van der Waals surface area (Å²) in [6.07, 6.45) is 1.71. The van der Waals surface area contributed by atoms with Gasteiger partial charge in [0.05, 0.1) is 25.7 Å². The summed E-state index contributed by atoms with van der Waals surface area (Å²) in [5.41, 5.74) is 1.69. The van der Waals surface area contributed by atoms with Crippen molar-refractivity contribution in [2.24, 2.45) is 0 Å². The molecule has 0 spiro atoms. The molecule has 0 radical (unpaired) electrons. The summed E-state index contributed by atoms with van der Waals surface area (Å²) in [4.78, 5) is 38.7. The number of thioether (sulfide) groups is 1. The van der Waals surface area contributed by atoms with Gasteiger partial charge in [0, 0.05) is 0 Å². The molecule has 3 aromatic carbocycles. The van der Waals surface area contributed by atoms with Crippen LogP contribution in [0.2, 0.25) is 0 Å². The molecule has 2 amide bonds. The molecule has 1 aliphatic heterocycles. The highest BCUT2D eigenvalue weighted by Gasteiger charge is 2.35. The molecule has 0 N–H and O–H groups in total. The summed E-state index contributed by atoms with van der Waals surface area (Å²) in [5, 5.41) is 1.80. The molecule has 1 fully saturated rings. The zero-order valence-corrected chi connectivity index (χ0v) is 22.5. The zero-order chi connectivity index (χ0) is 23.5. The van der Waals surface area contributed by atoms with Gasteiger partial charge in [0.2, 0.25) is 0 Å². The van der Waals surface area contributed by atoms with Crippen LogP contribution in [0.5, 0.6) is 5.75 Å². The Morgan fingerprint density at radius 2 is 1.76 bits per heavy atom. The predicted octanol–water partition coefficient (Wildman–Crippen LogP) is 5.84. The van der Waals surface area contributed by atoms with Crippen LogP contribution in [0.15, 0.2) is 59.5 Å².